The molecule has 0 aliphatic rings. The first-order chi connectivity index (χ1) is 14.1. The van der Waals surface area contributed by atoms with Gasteiger partial charge in [0.15, 0.2) is 5.16 Å². The lowest BCUT2D eigenvalue weighted by molar-refractivity contribution is 0.344. The SMILES string of the molecule is Cc1ccc(OCCSc2nc3ccccc3c(=O)n2-c2ncccc2C)cc1. The molecule has 0 unspecified atom stereocenters. The highest BCUT2D eigenvalue weighted by molar-refractivity contribution is 7.99. The monoisotopic (exact) mass is 403 g/mol. The first kappa shape index (κ1) is 19.2. The van der Waals surface area contributed by atoms with Gasteiger partial charge in [0.1, 0.15) is 11.6 Å². The molecule has 0 saturated heterocycles. The minimum Gasteiger partial charge on any atom is -0.493 e. The second-order valence-electron chi connectivity index (χ2n) is 6.71. The number of rotatable bonds is 6. The third-order valence-corrected chi connectivity index (χ3v) is 5.45. The molecule has 2 aromatic carbocycles. The quantitative estimate of drug-likeness (QED) is 0.268. The van der Waals surface area contributed by atoms with Gasteiger partial charge in [0.05, 0.1) is 17.5 Å². The lowest BCUT2D eigenvalue weighted by Gasteiger charge is -2.14. The van der Waals surface area contributed by atoms with Gasteiger partial charge in [-0.15, -0.1) is 0 Å². The molecule has 2 aromatic heterocycles. The number of benzene rings is 2. The number of aromatic nitrogens is 3. The van der Waals surface area contributed by atoms with E-state index in [1.807, 2.05) is 68.4 Å². The molecule has 29 heavy (non-hydrogen) atoms. The van der Waals surface area contributed by atoms with Crippen LogP contribution in [0.15, 0.2) is 76.8 Å². The summed E-state index contributed by atoms with van der Waals surface area (Å²) in [5.74, 6) is 2.10. The van der Waals surface area contributed by atoms with Crippen LogP contribution in [0.2, 0.25) is 0 Å². The first-order valence-corrected chi connectivity index (χ1v) is 10.4. The Labute approximate surface area is 173 Å². The van der Waals surface area contributed by atoms with Crippen molar-refractivity contribution in [3.05, 3.63) is 88.3 Å². The van der Waals surface area contributed by atoms with Gasteiger partial charge in [0, 0.05) is 11.9 Å². The molecule has 0 radical (unpaired) electrons. The van der Waals surface area contributed by atoms with Crippen LogP contribution >= 0.6 is 11.8 Å². The second-order valence-corrected chi connectivity index (χ2v) is 7.77. The van der Waals surface area contributed by atoms with Gasteiger partial charge >= 0.3 is 0 Å². The van der Waals surface area contributed by atoms with Crippen LogP contribution in [0, 0.1) is 13.8 Å². The molecule has 0 aliphatic heterocycles. The fourth-order valence-corrected chi connectivity index (χ4v) is 3.84. The maximum Gasteiger partial charge on any atom is 0.267 e. The van der Waals surface area contributed by atoms with E-state index in [-0.39, 0.29) is 5.56 Å². The maximum absolute atomic E-state index is 13.2. The van der Waals surface area contributed by atoms with Crippen LogP contribution in [0.5, 0.6) is 5.75 Å². The minimum absolute atomic E-state index is 0.112. The highest BCUT2D eigenvalue weighted by Gasteiger charge is 2.15. The summed E-state index contributed by atoms with van der Waals surface area (Å²) >= 11 is 1.49. The molecule has 0 saturated carbocycles. The molecular weight excluding hydrogens is 382 g/mol. The Balaban J connectivity index is 1.64. The van der Waals surface area contributed by atoms with Gasteiger partial charge < -0.3 is 4.74 Å². The largest absolute Gasteiger partial charge is 0.493 e. The zero-order valence-corrected chi connectivity index (χ0v) is 17.1. The van der Waals surface area contributed by atoms with Gasteiger partial charge in [-0.2, -0.15) is 0 Å². The summed E-state index contributed by atoms with van der Waals surface area (Å²) in [4.78, 5) is 22.4. The minimum atomic E-state index is -0.112. The Hall–Kier alpha value is -3.12. The van der Waals surface area contributed by atoms with Crippen molar-refractivity contribution in [3.8, 4) is 11.6 Å². The summed E-state index contributed by atoms with van der Waals surface area (Å²) in [5, 5.41) is 1.20. The number of hydrogen-bond donors (Lipinski definition) is 0. The van der Waals surface area contributed by atoms with Gasteiger partial charge in [-0.3, -0.25) is 4.79 Å². The molecule has 2 heterocycles. The fraction of sp³-hybridized carbons (Fsp3) is 0.174. The van der Waals surface area contributed by atoms with Gasteiger partial charge in [0.25, 0.3) is 5.56 Å². The Morgan fingerprint density at radius 3 is 2.59 bits per heavy atom. The van der Waals surface area contributed by atoms with Gasteiger partial charge in [-0.25, -0.2) is 14.5 Å². The predicted octanol–water partition coefficient (Wildman–Crippen LogP) is 4.57. The third-order valence-electron chi connectivity index (χ3n) is 4.54. The molecule has 0 bridgehead atoms. The van der Waals surface area contributed by atoms with Gasteiger partial charge in [0.2, 0.25) is 0 Å². The molecule has 0 spiro atoms. The lowest BCUT2D eigenvalue weighted by Crippen LogP contribution is -2.23. The molecule has 6 heteroatoms. The first-order valence-electron chi connectivity index (χ1n) is 9.39. The Morgan fingerprint density at radius 2 is 1.79 bits per heavy atom. The number of nitrogens with zero attached hydrogens (tertiary/aromatic N) is 3. The van der Waals surface area contributed by atoms with E-state index in [1.165, 1.54) is 17.3 Å². The second kappa shape index (κ2) is 8.49. The Morgan fingerprint density at radius 1 is 1.00 bits per heavy atom. The maximum atomic E-state index is 13.2. The van der Waals surface area contributed by atoms with E-state index in [0.717, 1.165) is 11.3 Å². The van der Waals surface area contributed by atoms with E-state index in [1.54, 1.807) is 16.8 Å². The number of ether oxygens (including phenoxy) is 1. The van der Waals surface area contributed by atoms with Crippen molar-refractivity contribution in [1.82, 2.24) is 14.5 Å². The highest BCUT2D eigenvalue weighted by atomic mass is 32.2. The molecule has 0 aliphatic carbocycles. The number of pyridine rings is 1. The summed E-state index contributed by atoms with van der Waals surface area (Å²) in [6.07, 6.45) is 1.69. The number of para-hydroxylation sites is 1. The Bertz CT molecular complexity index is 1200. The zero-order valence-electron chi connectivity index (χ0n) is 16.3. The van der Waals surface area contributed by atoms with Crippen molar-refractivity contribution in [2.45, 2.75) is 19.0 Å². The average Bonchev–Trinajstić information content (AvgIpc) is 2.74. The number of aryl methyl sites for hydroxylation is 2. The standard InChI is InChI=1S/C23H21N3O2S/c1-16-9-11-18(12-10-16)28-14-15-29-23-25-20-8-4-3-7-19(20)22(27)26(23)21-17(2)6-5-13-24-21/h3-13H,14-15H2,1-2H3. The molecule has 0 fully saturated rings. The van der Waals surface area contributed by atoms with E-state index in [9.17, 15) is 4.79 Å². The van der Waals surface area contributed by atoms with Crippen LogP contribution in [0.1, 0.15) is 11.1 Å². The van der Waals surface area contributed by atoms with Crippen molar-refractivity contribution in [1.29, 1.82) is 0 Å². The van der Waals surface area contributed by atoms with Crippen molar-refractivity contribution in [2.24, 2.45) is 0 Å². The summed E-state index contributed by atoms with van der Waals surface area (Å²) < 4.78 is 7.42. The summed E-state index contributed by atoms with van der Waals surface area (Å²) in [6.45, 7) is 4.50. The van der Waals surface area contributed by atoms with E-state index in [0.29, 0.717) is 34.2 Å². The smallest absolute Gasteiger partial charge is 0.267 e. The van der Waals surface area contributed by atoms with Crippen LogP contribution in [0.4, 0.5) is 0 Å². The zero-order chi connectivity index (χ0) is 20.2. The van der Waals surface area contributed by atoms with Gasteiger partial charge in [-0.05, 0) is 49.7 Å². The van der Waals surface area contributed by atoms with E-state index < -0.39 is 0 Å². The van der Waals surface area contributed by atoms with Crippen LogP contribution in [0.25, 0.3) is 16.7 Å². The molecule has 4 rings (SSSR count). The van der Waals surface area contributed by atoms with Crippen molar-refractivity contribution < 1.29 is 4.74 Å². The van der Waals surface area contributed by atoms with E-state index in [4.69, 9.17) is 9.72 Å². The Kier molecular flexibility index (Phi) is 5.62. The normalized spacial score (nSPS) is 11.0. The summed E-state index contributed by atoms with van der Waals surface area (Å²) in [7, 11) is 0. The fourth-order valence-electron chi connectivity index (χ4n) is 3.03. The molecule has 0 N–H and O–H groups in total. The predicted molar refractivity (Wildman–Crippen MR) is 117 cm³/mol. The summed E-state index contributed by atoms with van der Waals surface area (Å²) in [6, 6.07) is 19.2. The molecule has 4 aromatic rings. The van der Waals surface area contributed by atoms with Crippen LogP contribution < -0.4 is 10.3 Å². The van der Waals surface area contributed by atoms with Gasteiger partial charge in [-0.1, -0.05) is 47.7 Å². The molecule has 0 atom stereocenters. The molecule has 5 nitrogen and oxygen atoms in total. The van der Waals surface area contributed by atoms with Crippen LogP contribution in [-0.4, -0.2) is 26.9 Å². The number of hydrogen-bond acceptors (Lipinski definition) is 5. The highest BCUT2D eigenvalue weighted by Crippen LogP contribution is 2.22. The lowest BCUT2D eigenvalue weighted by atomic mass is 10.2. The van der Waals surface area contributed by atoms with Crippen LogP contribution in [0.3, 0.4) is 0 Å². The number of thioether (sulfide) groups is 1. The molecule has 146 valence electrons. The molecule has 0 amide bonds. The topological polar surface area (TPSA) is 57.0 Å². The van der Waals surface area contributed by atoms with Crippen molar-refractivity contribution in [2.75, 3.05) is 12.4 Å². The molecular formula is C23H21N3O2S. The third kappa shape index (κ3) is 4.17. The average molecular weight is 404 g/mol. The van der Waals surface area contributed by atoms with E-state index >= 15 is 0 Å². The van der Waals surface area contributed by atoms with Crippen molar-refractivity contribution in [3.63, 3.8) is 0 Å². The van der Waals surface area contributed by atoms with Crippen molar-refractivity contribution >= 4 is 22.7 Å². The summed E-state index contributed by atoms with van der Waals surface area (Å²) in [5.41, 5.74) is 2.69. The number of fused-ring (bicyclic) bond motifs is 1. The van der Waals surface area contributed by atoms with Crippen LogP contribution in [-0.2, 0) is 0 Å². The van der Waals surface area contributed by atoms with E-state index in [2.05, 4.69) is 4.98 Å².